The van der Waals surface area contributed by atoms with E-state index in [1.54, 1.807) is 13.3 Å². The molecule has 0 spiro atoms. The number of aromatic nitrogens is 1. The van der Waals surface area contributed by atoms with Crippen molar-refractivity contribution in [2.45, 2.75) is 59.8 Å². The van der Waals surface area contributed by atoms with Crippen molar-refractivity contribution in [3.05, 3.63) is 77.5 Å². The van der Waals surface area contributed by atoms with Gasteiger partial charge in [-0.15, -0.1) is 0 Å². The van der Waals surface area contributed by atoms with Gasteiger partial charge in [0.1, 0.15) is 17.3 Å². The Morgan fingerprint density at radius 2 is 1.87 bits per heavy atom. The maximum absolute atomic E-state index is 13.7. The third-order valence-electron chi connectivity index (χ3n) is 9.04. The summed E-state index contributed by atoms with van der Waals surface area (Å²) in [7, 11) is 1.64. The minimum absolute atomic E-state index is 0.0558. The van der Waals surface area contributed by atoms with E-state index < -0.39 is 5.97 Å². The van der Waals surface area contributed by atoms with E-state index in [2.05, 4.69) is 42.9 Å². The number of hydrogen-bond donors (Lipinski definition) is 2. The number of amides is 1. The summed E-state index contributed by atoms with van der Waals surface area (Å²) < 4.78 is 11.8. The predicted octanol–water partition coefficient (Wildman–Crippen LogP) is 7.13. The van der Waals surface area contributed by atoms with Crippen LogP contribution in [0.1, 0.15) is 68.4 Å². The Kier molecular flexibility index (Phi) is 10.0. The van der Waals surface area contributed by atoms with Gasteiger partial charge in [0.25, 0.3) is 5.91 Å². The lowest BCUT2D eigenvalue weighted by Crippen LogP contribution is -2.42. The van der Waals surface area contributed by atoms with Gasteiger partial charge in [-0.1, -0.05) is 45.9 Å². The van der Waals surface area contributed by atoms with Gasteiger partial charge in [0, 0.05) is 25.4 Å². The fourth-order valence-electron chi connectivity index (χ4n) is 6.37. The number of aliphatic carboxylic acids is 1. The van der Waals surface area contributed by atoms with Crippen molar-refractivity contribution in [1.29, 1.82) is 0 Å². The number of benzene rings is 2. The van der Waals surface area contributed by atoms with Gasteiger partial charge in [0.15, 0.2) is 0 Å². The molecule has 240 valence electrons. The van der Waals surface area contributed by atoms with Gasteiger partial charge < -0.3 is 24.8 Å². The Balaban J connectivity index is 1.24. The number of carboxylic acids is 1. The minimum Gasteiger partial charge on any atom is -0.497 e. The summed E-state index contributed by atoms with van der Waals surface area (Å²) in [4.78, 5) is 32.2. The minimum atomic E-state index is -0.705. The second-order valence-corrected chi connectivity index (χ2v) is 14.0. The lowest BCUT2D eigenvalue weighted by Gasteiger charge is -2.39. The normalized spacial score (nSPS) is 19.1. The van der Waals surface area contributed by atoms with E-state index in [0.29, 0.717) is 47.9 Å². The monoisotopic (exact) mass is 613 g/mol. The molecule has 8 heteroatoms. The zero-order valence-electron chi connectivity index (χ0n) is 27.2. The summed E-state index contributed by atoms with van der Waals surface area (Å²) in [6, 6.07) is 17.4. The summed E-state index contributed by atoms with van der Waals surface area (Å²) in [5.74, 6) is 1.85. The number of ether oxygens (including phenoxy) is 2. The summed E-state index contributed by atoms with van der Waals surface area (Å²) in [5.41, 5.74) is 3.52. The van der Waals surface area contributed by atoms with Crippen molar-refractivity contribution in [3.8, 4) is 11.5 Å². The molecule has 0 bridgehead atoms. The lowest BCUT2D eigenvalue weighted by molar-refractivity contribution is -0.142. The summed E-state index contributed by atoms with van der Waals surface area (Å²) in [6.45, 7) is 10.9. The maximum atomic E-state index is 13.7. The van der Waals surface area contributed by atoms with E-state index in [-0.39, 0.29) is 17.2 Å². The van der Waals surface area contributed by atoms with Gasteiger partial charge in [-0.2, -0.15) is 0 Å². The molecule has 2 fully saturated rings. The molecule has 8 nitrogen and oxygen atoms in total. The number of anilines is 2. The maximum Gasteiger partial charge on any atom is 0.307 e. The first-order valence-corrected chi connectivity index (χ1v) is 16.1. The van der Waals surface area contributed by atoms with Crippen LogP contribution in [0.15, 0.2) is 60.8 Å². The number of nitrogens with zero attached hydrogens (tertiary/aromatic N) is 2. The molecule has 2 aliphatic rings. The SMILES string of the molecule is COc1ccc(C(=O)Nc2ncccc2CC(C)(C)C)c(N2CC[C@H](COc3cccc(C[C@H](C(=O)O)C4CC4)c3)[C@@H](C)C2)c1. The van der Waals surface area contributed by atoms with Crippen LogP contribution in [0.4, 0.5) is 11.5 Å². The third-order valence-corrected chi connectivity index (χ3v) is 9.04. The molecule has 3 aromatic rings. The van der Waals surface area contributed by atoms with Crippen molar-refractivity contribution in [3.63, 3.8) is 0 Å². The highest BCUT2D eigenvalue weighted by atomic mass is 16.5. The Hall–Kier alpha value is -4.07. The highest BCUT2D eigenvalue weighted by Crippen LogP contribution is 2.39. The molecule has 1 aromatic heterocycles. The number of carbonyl (C=O) groups excluding carboxylic acids is 1. The number of pyridine rings is 1. The lowest BCUT2D eigenvalue weighted by atomic mass is 9.87. The van der Waals surface area contributed by atoms with E-state index in [9.17, 15) is 14.7 Å². The first-order valence-electron chi connectivity index (χ1n) is 16.1. The largest absolute Gasteiger partial charge is 0.497 e. The van der Waals surface area contributed by atoms with E-state index >= 15 is 0 Å². The van der Waals surface area contributed by atoms with Gasteiger partial charge >= 0.3 is 5.97 Å². The number of carboxylic acid groups (broad SMARTS) is 1. The van der Waals surface area contributed by atoms with Crippen molar-refractivity contribution < 1.29 is 24.2 Å². The molecule has 1 amide bonds. The van der Waals surface area contributed by atoms with Crippen molar-refractivity contribution in [1.82, 2.24) is 4.98 Å². The van der Waals surface area contributed by atoms with Gasteiger partial charge in [-0.3, -0.25) is 9.59 Å². The molecule has 0 radical (unpaired) electrons. The van der Waals surface area contributed by atoms with Crippen LogP contribution in [0.25, 0.3) is 0 Å². The average molecular weight is 614 g/mol. The fourth-order valence-corrected chi connectivity index (χ4v) is 6.37. The molecule has 5 rings (SSSR count). The zero-order chi connectivity index (χ0) is 32.1. The number of methoxy groups -OCH3 is 1. The number of rotatable bonds is 12. The number of nitrogens with one attached hydrogen (secondary N) is 1. The Morgan fingerprint density at radius 3 is 2.56 bits per heavy atom. The summed E-state index contributed by atoms with van der Waals surface area (Å²) in [5, 5.41) is 12.7. The molecule has 1 aliphatic heterocycles. The highest BCUT2D eigenvalue weighted by molar-refractivity contribution is 6.08. The Morgan fingerprint density at radius 1 is 1.07 bits per heavy atom. The topological polar surface area (TPSA) is 101 Å². The molecule has 45 heavy (non-hydrogen) atoms. The van der Waals surface area contributed by atoms with Crippen molar-refractivity contribution >= 4 is 23.4 Å². The standard InChI is InChI=1S/C37H47N3O5/c1-24-22-40(17-15-28(24)23-45-30-10-6-8-25(18-30)19-32(36(42)43)26-11-12-26)33-20-29(44-5)13-14-31(33)35(41)39-34-27(9-7-16-38-34)21-37(2,3)4/h6-10,13-14,16,18,20,24,26,28,32H,11-12,15,17,19,21-23H2,1-5H3,(H,42,43)(H,38,39,41)/t24-,28+,32-/m0/s1. The van der Waals surface area contributed by atoms with Crippen LogP contribution in [0.5, 0.6) is 11.5 Å². The molecule has 0 unspecified atom stereocenters. The van der Waals surface area contributed by atoms with Crippen LogP contribution in [0.2, 0.25) is 0 Å². The molecule has 2 N–H and O–H groups in total. The Labute approximate surface area is 267 Å². The van der Waals surface area contributed by atoms with E-state index in [1.807, 2.05) is 54.6 Å². The summed E-state index contributed by atoms with van der Waals surface area (Å²) in [6.07, 6.45) is 5.98. The molecule has 2 heterocycles. The second kappa shape index (κ2) is 13.9. The van der Waals surface area contributed by atoms with Crippen LogP contribution >= 0.6 is 0 Å². The molecule has 1 saturated heterocycles. The van der Waals surface area contributed by atoms with Crippen LogP contribution in [-0.2, 0) is 17.6 Å². The molecule has 3 atom stereocenters. The van der Waals surface area contributed by atoms with Crippen LogP contribution < -0.4 is 19.7 Å². The molecule has 1 aliphatic carbocycles. The smallest absolute Gasteiger partial charge is 0.307 e. The van der Waals surface area contributed by atoms with Crippen LogP contribution in [0, 0.1) is 29.1 Å². The zero-order valence-corrected chi connectivity index (χ0v) is 27.2. The van der Waals surface area contributed by atoms with Crippen molar-refractivity contribution in [2.24, 2.45) is 29.1 Å². The summed E-state index contributed by atoms with van der Waals surface area (Å²) >= 11 is 0. The molecular weight excluding hydrogens is 566 g/mol. The fraction of sp³-hybridized carbons (Fsp3) is 0.486. The molecule has 2 aromatic carbocycles. The third kappa shape index (κ3) is 8.56. The van der Waals surface area contributed by atoms with Crippen LogP contribution in [0.3, 0.4) is 0 Å². The molecule has 1 saturated carbocycles. The van der Waals surface area contributed by atoms with Gasteiger partial charge in [-0.25, -0.2) is 4.98 Å². The quantitative estimate of drug-likeness (QED) is 0.224. The predicted molar refractivity (Wildman–Crippen MR) is 177 cm³/mol. The Bertz CT molecular complexity index is 1500. The van der Waals surface area contributed by atoms with Gasteiger partial charge in [-0.05, 0) is 96.7 Å². The number of carbonyl (C=O) groups is 2. The van der Waals surface area contributed by atoms with E-state index in [1.165, 1.54) is 0 Å². The van der Waals surface area contributed by atoms with E-state index in [4.69, 9.17) is 9.47 Å². The number of piperidine rings is 1. The number of hydrogen-bond acceptors (Lipinski definition) is 6. The van der Waals surface area contributed by atoms with Gasteiger partial charge in [0.05, 0.1) is 30.9 Å². The van der Waals surface area contributed by atoms with Gasteiger partial charge in [0.2, 0.25) is 0 Å². The molecular formula is C37H47N3O5. The highest BCUT2D eigenvalue weighted by Gasteiger charge is 2.36. The van der Waals surface area contributed by atoms with Crippen LogP contribution in [-0.4, -0.2) is 48.8 Å². The second-order valence-electron chi connectivity index (χ2n) is 14.0. The first-order chi connectivity index (χ1) is 21.5. The van der Waals surface area contributed by atoms with E-state index in [0.717, 1.165) is 61.3 Å². The van der Waals surface area contributed by atoms with Crippen molar-refractivity contribution in [2.75, 3.05) is 37.0 Å². The average Bonchev–Trinajstić information content (AvgIpc) is 3.85. The first kappa shape index (κ1) is 32.3.